The van der Waals surface area contributed by atoms with Gasteiger partial charge in [-0.3, -0.25) is 9.80 Å². The van der Waals surface area contributed by atoms with Crippen LogP contribution >= 0.6 is 0 Å². The average molecular weight is 649 g/mol. The Morgan fingerprint density at radius 1 is 0.800 bits per heavy atom. The van der Waals surface area contributed by atoms with Gasteiger partial charge in [-0.2, -0.15) is 39.5 Å². The molecular weight excluding hydrogens is 623 g/mol. The summed E-state index contributed by atoms with van der Waals surface area (Å²) in [5.74, 6) is 0. The third-order valence-electron chi connectivity index (χ3n) is 7.17. The summed E-state index contributed by atoms with van der Waals surface area (Å²) in [7, 11) is 0.898. The van der Waals surface area contributed by atoms with E-state index in [4.69, 9.17) is 9.47 Å². The number of methoxy groups -OCH3 is 1. The number of halogens is 9. The maximum Gasteiger partial charge on any atom is 0.416 e. The van der Waals surface area contributed by atoms with E-state index in [1.807, 2.05) is 0 Å². The molecule has 0 fully saturated rings. The van der Waals surface area contributed by atoms with Gasteiger partial charge in [0.05, 0.1) is 35.5 Å². The number of benzene rings is 3. The van der Waals surface area contributed by atoms with Crippen LogP contribution in [-0.2, 0) is 41.2 Å². The molecule has 0 radical (unpaired) electrons. The van der Waals surface area contributed by atoms with Crippen LogP contribution in [0.1, 0.15) is 52.8 Å². The highest BCUT2D eigenvalue weighted by atomic mass is 19.4. The van der Waals surface area contributed by atoms with Gasteiger partial charge in [0.15, 0.2) is 0 Å². The van der Waals surface area contributed by atoms with E-state index in [1.165, 1.54) is 6.92 Å². The molecule has 0 aliphatic carbocycles. The van der Waals surface area contributed by atoms with Crippen LogP contribution in [0.5, 0.6) is 0 Å². The molecule has 0 aromatic heterocycles. The van der Waals surface area contributed by atoms with Crippen molar-refractivity contribution in [3.63, 3.8) is 0 Å². The molecular formula is C30H25F9N2O4. The highest BCUT2D eigenvalue weighted by Crippen LogP contribution is 2.45. The Labute approximate surface area is 250 Å². The Morgan fingerprint density at radius 3 is 1.91 bits per heavy atom. The molecule has 0 unspecified atom stereocenters. The first-order chi connectivity index (χ1) is 20.9. The summed E-state index contributed by atoms with van der Waals surface area (Å²) >= 11 is 0. The smallest absolute Gasteiger partial charge is 0.416 e. The lowest BCUT2D eigenvalue weighted by Crippen LogP contribution is -2.47. The lowest BCUT2D eigenvalue weighted by atomic mass is 9.89. The molecule has 242 valence electrons. The number of hydrogen-bond acceptors (Lipinski definition) is 4. The molecule has 0 bridgehead atoms. The molecule has 1 aliphatic heterocycles. The fourth-order valence-electron chi connectivity index (χ4n) is 5.10. The topological polar surface area (TPSA) is 59.1 Å². The predicted molar refractivity (Wildman–Crippen MR) is 142 cm³/mol. The van der Waals surface area contributed by atoms with Crippen molar-refractivity contribution >= 4 is 17.9 Å². The van der Waals surface area contributed by atoms with Crippen molar-refractivity contribution in [1.82, 2.24) is 4.90 Å². The summed E-state index contributed by atoms with van der Waals surface area (Å²) in [5, 5.41) is 0. The van der Waals surface area contributed by atoms with Crippen LogP contribution in [0, 0.1) is 0 Å². The van der Waals surface area contributed by atoms with E-state index in [-0.39, 0.29) is 30.3 Å². The molecule has 3 aromatic rings. The molecule has 3 aromatic carbocycles. The Morgan fingerprint density at radius 2 is 1.38 bits per heavy atom. The second kappa shape index (κ2) is 12.5. The van der Waals surface area contributed by atoms with E-state index in [1.54, 1.807) is 30.3 Å². The van der Waals surface area contributed by atoms with Crippen molar-refractivity contribution in [3.8, 4) is 0 Å². The van der Waals surface area contributed by atoms with E-state index in [0.717, 1.165) is 23.0 Å². The molecule has 4 rings (SSSR count). The summed E-state index contributed by atoms with van der Waals surface area (Å²) in [4.78, 5) is 28.0. The summed E-state index contributed by atoms with van der Waals surface area (Å²) in [6.07, 6.45) is -17.7. The molecule has 1 aliphatic rings. The Balaban J connectivity index is 1.79. The zero-order valence-electron chi connectivity index (χ0n) is 23.6. The largest absolute Gasteiger partial charge is 0.453 e. The van der Waals surface area contributed by atoms with Gasteiger partial charge < -0.3 is 9.47 Å². The lowest BCUT2D eigenvalue weighted by Gasteiger charge is -2.42. The molecule has 45 heavy (non-hydrogen) atoms. The van der Waals surface area contributed by atoms with Gasteiger partial charge in [0.1, 0.15) is 6.61 Å². The molecule has 0 spiro atoms. The third-order valence-corrected chi connectivity index (χ3v) is 7.17. The number of carbonyl (C=O) groups excluding carboxylic acids is 2. The quantitative estimate of drug-likeness (QED) is 0.259. The van der Waals surface area contributed by atoms with E-state index in [9.17, 15) is 49.1 Å². The van der Waals surface area contributed by atoms with Crippen molar-refractivity contribution in [3.05, 3.63) is 100 Å². The third kappa shape index (κ3) is 7.63. The molecule has 0 N–H and O–H groups in total. The van der Waals surface area contributed by atoms with Crippen LogP contribution in [0.15, 0.2) is 66.7 Å². The van der Waals surface area contributed by atoms with Crippen molar-refractivity contribution in [1.29, 1.82) is 0 Å². The van der Waals surface area contributed by atoms with Gasteiger partial charge in [0.2, 0.25) is 0 Å². The fraction of sp³-hybridized carbons (Fsp3) is 0.333. The first kappa shape index (κ1) is 33.5. The second-order valence-electron chi connectivity index (χ2n) is 10.3. The maximum atomic E-state index is 13.8. The number of alkyl halides is 9. The summed E-state index contributed by atoms with van der Waals surface area (Å²) < 4.78 is 133. The summed E-state index contributed by atoms with van der Waals surface area (Å²) in [6, 6.07) is 9.39. The monoisotopic (exact) mass is 648 g/mol. The zero-order valence-corrected chi connectivity index (χ0v) is 23.6. The molecule has 2 atom stereocenters. The number of ether oxygens (including phenoxy) is 2. The van der Waals surface area contributed by atoms with Gasteiger partial charge >= 0.3 is 30.7 Å². The van der Waals surface area contributed by atoms with Crippen LogP contribution in [-0.4, -0.2) is 30.2 Å². The van der Waals surface area contributed by atoms with Crippen molar-refractivity contribution in [2.75, 3.05) is 12.0 Å². The van der Waals surface area contributed by atoms with E-state index in [2.05, 4.69) is 0 Å². The number of rotatable bonds is 5. The summed E-state index contributed by atoms with van der Waals surface area (Å²) in [6.45, 7) is 0.428. The molecule has 2 amide bonds. The molecule has 0 saturated heterocycles. The van der Waals surface area contributed by atoms with Crippen molar-refractivity contribution in [2.45, 2.75) is 57.1 Å². The first-order valence-corrected chi connectivity index (χ1v) is 13.2. The van der Waals surface area contributed by atoms with Crippen LogP contribution in [0.2, 0.25) is 0 Å². The molecule has 0 saturated carbocycles. The number of hydrogen-bond donors (Lipinski definition) is 0. The Bertz CT molecular complexity index is 1510. The van der Waals surface area contributed by atoms with E-state index < -0.39 is 71.6 Å². The van der Waals surface area contributed by atoms with E-state index in [0.29, 0.717) is 29.8 Å². The molecule has 15 heteroatoms. The normalized spacial score (nSPS) is 17.0. The molecule has 6 nitrogen and oxygen atoms in total. The SMILES string of the molecule is COC(=O)N(Cc1cc(C(F)(F)F)cc(C(F)(F)F)c1)[C@H]1C[C@@H](C)N(C(=O)OCc2ccccc2)c2ccc(C(F)(F)F)cc21. The van der Waals surface area contributed by atoms with Gasteiger partial charge in [-0.15, -0.1) is 0 Å². The van der Waals surface area contributed by atoms with Crippen LogP contribution in [0.25, 0.3) is 0 Å². The number of anilines is 1. The van der Waals surface area contributed by atoms with E-state index >= 15 is 0 Å². The zero-order chi connectivity index (χ0) is 33.3. The van der Waals surface area contributed by atoms with Crippen molar-refractivity contribution in [2.24, 2.45) is 0 Å². The fourth-order valence-corrected chi connectivity index (χ4v) is 5.10. The number of carbonyl (C=O) groups is 2. The second-order valence-corrected chi connectivity index (χ2v) is 10.3. The van der Waals surface area contributed by atoms with Gasteiger partial charge in [-0.1, -0.05) is 30.3 Å². The Hall–Kier alpha value is -4.43. The van der Waals surface area contributed by atoms with Crippen LogP contribution in [0.4, 0.5) is 54.8 Å². The van der Waals surface area contributed by atoms with Crippen LogP contribution in [0.3, 0.4) is 0 Å². The van der Waals surface area contributed by atoms with Gasteiger partial charge in [0.25, 0.3) is 0 Å². The standard InChI is InChI=1S/C30H25F9N2O4/c1-17-10-25(40(26(42)44-2)15-19-11-21(29(34,35)36)13-22(12-19)30(37,38)39)23-14-20(28(31,32)33)8-9-24(23)41(17)27(43)45-16-18-6-4-3-5-7-18/h3-9,11-14,17,25H,10,15-16H2,1-2H3/t17-,25+/m1/s1. The van der Waals surface area contributed by atoms with Crippen molar-refractivity contribution < 1.29 is 58.6 Å². The lowest BCUT2D eigenvalue weighted by molar-refractivity contribution is -0.143. The Kier molecular flexibility index (Phi) is 9.31. The highest BCUT2D eigenvalue weighted by Gasteiger charge is 2.42. The van der Waals surface area contributed by atoms with Gasteiger partial charge in [-0.25, -0.2) is 9.59 Å². The minimum atomic E-state index is -5.18. The number of fused-ring (bicyclic) bond motifs is 1. The number of amides is 2. The van der Waals surface area contributed by atoms with Gasteiger partial charge in [0, 0.05) is 12.6 Å². The van der Waals surface area contributed by atoms with Gasteiger partial charge in [-0.05, 0) is 66.4 Å². The minimum Gasteiger partial charge on any atom is -0.453 e. The molecule has 1 heterocycles. The first-order valence-electron chi connectivity index (χ1n) is 13.2. The predicted octanol–water partition coefficient (Wildman–Crippen LogP) is 8.99. The maximum absolute atomic E-state index is 13.8. The number of nitrogens with zero attached hydrogens (tertiary/aromatic N) is 2. The minimum absolute atomic E-state index is 0.0848. The highest BCUT2D eigenvalue weighted by molar-refractivity contribution is 5.90. The summed E-state index contributed by atoms with van der Waals surface area (Å²) in [5.41, 5.74) is -4.76. The average Bonchev–Trinajstić information content (AvgIpc) is 2.96. The van der Waals surface area contributed by atoms with Crippen LogP contribution < -0.4 is 4.90 Å².